The maximum atomic E-state index is 11.7. The molecule has 3 nitrogen and oxygen atoms in total. The molecular formula is C13H20N2OS. The molecule has 0 saturated carbocycles. The van der Waals surface area contributed by atoms with Crippen LogP contribution in [0.4, 0.5) is 0 Å². The molecular weight excluding hydrogens is 232 g/mol. The van der Waals surface area contributed by atoms with Crippen LogP contribution in [0.25, 0.3) is 0 Å². The summed E-state index contributed by atoms with van der Waals surface area (Å²) in [5.41, 5.74) is 7.04. The predicted octanol–water partition coefficient (Wildman–Crippen LogP) is 1.80. The van der Waals surface area contributed by atoms with E-state index in [9.17, 15) is 4.79 Å². The van der Waals surface area contributed by atoms with Crippen LogP contribution in [0.2, 0.25) is 0 Å². The molecule has 0 radical (unpaired) electrons. The lowest BCUT2D eigenvalue weighted by Crippen LogP contribution is -2.35. The lowest BCUT2D eigenvalue weighted by molar-refractivity contribution is -0.123. The van der Waals surface area contributed by atoms with Crippen LogP contribution in [0.5, 0.6) is 0 Å². The van der Waals surface area contributed by atoms with Gasteiger partial charge in [0, 0.05) is 24.3 Å². The second-order valence-corrected chi connectivity index (χ2v) is 5.03. The highest BCUT2D eigenvalue weighted by Crippen LogP contribution is 2.09. The molecule has 0 aliphatic rings. The Labute approximate surface area is 107 Å². The lowest BCUT2D eigenvalue weighted by Gasteiger charge is -2.15. The second kappa shape index (κ2) is 7.35. The topological polar surface area (TPSA) is 55.1 Å². The van der Waals surface area contributed by atoms with Gasteiger partial charge in [0.15, 0.2) is 0 Å². The summed E-state index contributed by atoms with van der Waals surface area (Å²) in [6.45, 7) is 2.42. The minimum absolute atomic E-state index is 0.0352. The summed E-state index contributed by atoms with van der Waals surface area (Å²) in [6, 6.07) is 9.67. The highest BCUT2D eigenvalue weighted by Gasteiger charge is 2.13. The van der Waals surface area contributed by atoms with E-state index in [4.69, 9.17) is 5.73 Å². The number of rotatable bonds is 6. The number of carbonyl (C=O) groups excluding carboxylic acids is 1. The molecule has 0 aromatic heterocycles. The first kappa shape index (κ1) is 14.1. The predicted molar refractivity (Wildman–Crippen MR) is 73.9 cm³/mol. The van der Waals surface area contributed by atoms with E-state index < -0.39 is 0 Å². The fourth-order valence-electron chi connectivity index (χ4n) is 1.53. The first-order valence-corrected chi connectivity index (χ1v) is 7.11. The Hall–Kier alpha value is -1.00. The normalized spacial score (nSPS) is 14.1. The summed E-state index contributed by atoms with van der Waals surface area (Å²) in [6.07, 6.45) is 2.00. The smallest absolute Gasteiger partial charge is 0.223 e. The van der Waals surface area contributed by atoms with Crippen LogP contribution < -0.4 is 11.1 Å². The molecule has 0 aliphatic carbocycles. The zero-order chi connectivity index (χ0) is 12.7. The van der Waals surface area contributed by atoms with E-state index in [1.807, 2.05) is 43.5 Å². The average Bonchev–Trinajstić information content (AvgIpc) is 2.36. The van der Waals surface area contributed by atoms with Gasteiger partial charge in [-0.25, -0.2) is 0 Å². The number of carbonyl (C=O) groups is 1. The summed E-state index contributed by atoms with van der Waals surface area (Å²) >= 11 is 1.68. The van der Waals surface area contributed by atoms with Crippen molar-refractivity contribution in [3.05, 3.63) is 35.9 Å². The van der Waals surface area contributed by atoms with Gasteiger partial charge in [-0.1, -0.05) is 37.3 Å². The Morgan fingerprint density at radius 2 is 2.06 bits per heavy atom. The van der Waals surface area contributed by atoms with Gasteiger partial charge in [-0.3, -0.25) is 4.79 Å². The zero-order valence-corrected chi connectivity index (χ0v) is 11.2. The van der Waals surface area contributed by atoms with Gasteiger partial charge in [0.05, 0.1) is 0 Å². The standard InChI is InChI=1S/C13H20N2OS/c1-10(9-17-2)13(16)15-8-12(14)11-6-4-3-5-7-11/h3-7,10,12H,8-9,14H2,1-2H3,(H,15,16). The number of nitrogens with two attached hydrogens (primary N) is 1. The summed E-state index contributed by atoms with van der Waals surface area (Å²) in [4.78, 5) is 11.7. The Kier molecular flexibility index (Phi) is 6.08. The molecule has 4 heteroatoms. The van der Waals surface area contributed by atoms with Crippen molar-refractivity contribution in [2.45, 2.75) is 13.0 Å². The minimum Gasteiger partial charge on any atom is -0.354 e. The van der Waals surface area contributed by atoms with Crippen LogP contribution in [-0.2, 0) is 4.79 Å². The monoisotopic (exact) mass is 252 g/mol. The van der Waals surface area contributed by atoms with Gasteiger partial charge in [-0.15, -0.1) is 0 Å². The molecule has 1 aromatic carbocycles. The molecule has 0 bridgehead atoms. The highest BCUT2D eigenvalue weighted by molar-refractivity contribution is 7.98. The van der Waals surface area contributed by atoms with E-state index >= 15 is 0 Å². The highest BCUT2D eigenvalue weighted by atomic mass is 32.2. The van der Waals surface area contributed by atoms with Crippen molar-refractivity contribution in [1.29, 1.82) is 0 Å². The van der Waals surface area contributed by atoms with Crippen molar-refractivity contribution in [2.75, 3.05) is 18.6 Å². The number of benzene rings is 1. The van der Waals surface area contributed by atoms with Crippen molar-refractivity contribution in [3.8, 4) is 0 Å². The third kappa shape index (κ3) is 4.79. The largest absolute Gasteiger partial charge is 0.354 e. The number of amides is 1. The van der Waals surface area contributed by atoms with Crippen LogP contribution >= 0.6 is 11.8 Å². The van der Waals surface area contributed by atoms with Crippen molar-refractivity contribution < 1.29 is 4.79 Å². The molecule has 0 aliphatic heterocycles. The van der Waals surface area contributed by atoms with E-state index in [1.165, 1.54) is 0 Å². The Morgan fingerprint density at radius 1 is 1.41 bits per heavy atom. The van der Waals surface area contributed by atoms with Crippen molar-refractivity contribution in [1.82, 2.24) is 5.32 Å². The Balaban J connectivity index is 2.38. The zero-order valence-electron chi connectivity index (χ0n) is 10.3. The van der Waals surface area contributed by atoms with Crippen LogP contribution in [0.1, 0.15) is 18.5 Å². The summed E-state index contributed by atoms with van der Waals surface area (Å²) in [5.74, 6) is 0.950. The molecule has 17 heavy (non-hydrogen) atoms. The van der Waals surface area contributed by atoms with E-state index in [0.29, 0.717) is 6.54 Å². The molecule has 2 atom stereocenters. The average molecular weight is 252 g/mol. The van der Waals surface area contributed by atoms with Crippen LogP contribution in [0.15, 0.2) is 30.3 Å². The molecule has 3 N–H and O–H groups in total. The number of hydrogen-bond acceptors (Lipinski definition) is 3. The van der Waals surface area contributed by atoms with Gasteiger partial charge in [-0.05, 0) is 11.8 Å². The Morgan fingerprint density at radius 3 is 2.65 bits per heavy atom. The first-order valence-electron chi connectivity index (χ1n) is 5.72. The van der Waals surface area contributed by atoms with E-state index in [2.05, 4.69) is 5.32 Å². The van der Waals surface area contributed by atoms with Crippen molar-refractivity contribution in [3.63, 3.8) is 0 Å². The van der Waals surface area contributed by atoms with Crippen molar-refractivity contribution >= 4 is 17.7 Å². The molecule has 0 saturated heterocycles. The molecule has 1 rings (SSSR count). The van der Waals surface area contributed by atoms with Crippen LogP contribution in [0.3, 0.4) is 0 Å². The summed E-state index contributed by atoms with van der Waals surface area (Å²) in [7, 11) is 0. The van der Waals surface area contributed by atoms with Gasteiger partial charge in [-0.2, -0.15) is 11.8 Å². The van der Waals surface area contributed by atoms with Gasteiger partial charge in [0.2, 0.25) is 5.91 Å². The van der Waals surface area contributed by atoms with Gasteiger partial charge >= 0.3 is 0 Å². The summed E-state index contributed by atoms with van der Waals surface area (Å²) in [5, 5.41) is 2.89. The van der Waals surface area contributed by atoms with Crippen molar-refractivity contribution in [2.24, 2.45) is 11.7 Å². The minimum atomic E-state index is -0.137. The second-order valence-electron chi connectivity index (χ2n) is 4.12. The SMILES string of the molecule is CSCC(C)C(=O)NCC(N)c1ccccc1. The van der Waals surface area contributed by atoms with E-state index in [0.717, 1.165) is 11.3 Å². The fourth-order valence-corrected chi connectivity index (χ4v) is 2.18. The molecule has 94 valence electrons. The van der Waals surface area contributed by atoms with Gasteiger partial charge in [0.1, 0.15) is 0 Å². The number of nitrogens with one attached hydrogen (secondary N) is 1. The lowest BCUT2D eigenvalue weighted by atomic mass is 10.1. The van der Waals surface area contributed by atoms with Crippen LogP contribution in [-0.4, -0.2) is 24.5 Å². The van der Waals surface area contributed by atoms with Gasteiger partial charge in [0.25, 0.3) is 0 Å². The van der Waals surface area contributed by atoms with E-state index in [-0.39, 0.29) is 17.9 Å². The van der Waals surface area contributed by atoms with Gasteiger partial charge < -0.3 is 11.1 Å². The fraction of sp³-hybridized carbons (Fsp3) is 0.462. The number of thioether (sulfide) groups is 1. The molecule has 2 unspecified atom stereocenters. The maximum absolute atomic E-state index is 11.7. The third-order valence-corrected chi connectivity index (χ3v) is 3.42. The summed E-state index contributed by atoms with van der Waals surface area (Å²) < 4.78 is 0. The maximum Gasteiger partial charge on any atom is 0.223 e. The molecule has 0 spiro atoms. The third-order valence-electron chi connectivity index (χ3n) is 2.59. The quantitative estimate of drug-likeness (QED) is 0.811. The van der Waals surface area contributed by atoms with E-state index in [1.54, 1.807) is 11.8 Å². The van der Waals surface area contributed by atoms with Crippen LogP contribution in [0, 0.1) is 5.92 Å². The first-order chi connectivity index (χ1) is 8.15. The molecule has 1 aromatic rings. The molecule has 1 amide bonds. The molecule has 0 heterocycles. The number of hydrogen-bond donors (Lipinski definition) is 2. The molecule has 0 fully saturated rings. The Bertz CT molecular complexity index is 343.